The average molecular weight is 189 g/mol. The number of carbonyl (C=O) groups is 1. The van der Waals surface area contributed by atoms with E-state index in [-0.39, 0.29) is 13.2 Å². The molecule has 4 N–H and O–H groups in total. The van der Waals surface area contributed by atoms with Gasteiger partial charge < -0.3 is 20.6 Å². The van der Waals surface area contributed by atoms with Crippen LogP contribution in [0.1, 0.15) is 6.92 Å². The van der Waals surface area contributed by atoms with Crippen LogP contribution in [0, 0.1) is 0 Å². The Kier molecular flexibility index (Phi) is 6.13. The second-order valence-corrected chi connectivity index (χ2v) is 2.77. The molecule has 0 heterocycles. The third kappa shape index (κ3) is 6.27. The van der Waals surface area contributed by atoms with E-state index < -0.39 is 12.0 Å². The zero-order chi connectivity index (χ0) is 10.3. The first-order chi connectivity index (χ1) is 6.10. The largest absolute Gasteiger partial charge is 0.478 e. The summed E-state index contributed by atoms with van der Waals surface area (Å²) >= 11 is 0. The number of rotatable bonds is 6. The maximum atomic E-state index is 10.2. The zero-order valence-electron chi connectivity index (χ0n) is 7.53. The van der Waals surface area contributed by atoms with Crippen LogP contribution in [0.5, 0.6) is 0 Å². The maximum Gasteiger partial charge on any atom is 0.328 e. The van der Waals surface area contributed by atoms with Crippen molar-refractivity contribution in [3.05, 3.63) is 11.6 Å². The van der Waals surface area contributed by atoms with Crippen LogP contribution < -0.4 is 5.32 Å². The molecule has 0 aromatic carbocycles. The van der Waals surface area contributed by atoms with E-state index in [0.29, 0.717) is 12.1 Å². The highest BCUT2D eigenvalue weighted by Crippen LogP contribution is 1.90. The number of hydrogen-bond donors (Lipinski definition) is 4. The standard InChI is InChI=1S/C8H15NO4/c1-6(2-8(12)13)3-9-7(4-10)5-11/h2,7,9-11H,3-5H2,1H3,(H,12,13). The van der Waals surface area contributed by atoms with Gasteiger partial charge in [-0.05, 0) is 6.92 Å². The summed E-state index contributed by atoms with van der Waals surface area (Å²) in [6.45, 7) is 1.67. The lowest BCUT2D eigenvalue weighted by Gasteiger charge is -2.12. The summed E-state index contributed by atoms with van der Waals surface area (Å²) in [5.41, 5.74) is 0.638. The monoisotopic (exact) mass is 189 g/mol. The second-order valence-electron chi connectivity index (χ2n) is 2.77. The fourth-order valence-electron chi connectivity index (χ4n) is 0.754. The number of aliphatic hydroxyl groups excluding tert-OH is 2. The van der Waals surface area contributed by atoms with E-state index in [4.69, 9.17) is 15.3 Å². The lowest BCUT2D eigenvalue weighted by Crippen LogP contribution is -2.36. The summed E-state index contributed by atoms with van der Waals surface area (Å²) in [7, 11) is 0. The molecule has 0 saturated carbocycles. The minimum Gasteiger partial charge on any atom is -0.478 e. The Labute approximate surface area is 76.7 Å². The van der Waals surface area contributed by atoms with Crippen LogP contribution in [0.2, 0.25) is 0 Å². The van der Waals surface area contributed by atoms with Crippen LogP contribution in [0.25, 0.3) is 0 Å². The van der Waals surface area contributed by atoms with Crippen molar-refractivity contribution in [2.45, 2.75) is 13.0 Å². The molecule has 0 saturated heterocycles. The second kappa shape index (κ2) is 6.59. The molecule has 0 bridgehead atoms. The van der Waals surface area contributed by atoms with Crippen molar-refractivity contribution in [1.29, 1.82) is 0 Å². The fourth-order valence-corrected chi connectivity index (χ4v) is 0.754. The topological polar surface area (TPSA) is 89.8 Å². The summed E-state index contributed by atoms with van der Waals surface area (Å²) in [6.07, 6.45) is 1.08. The van der Waals surface area contributed by atoms with Gasteiger partial charge in [0.05, 0.1) is 19.3 Å². The molecular weight excluding hydrogens is 174 g/mol. The van der Waals surface area contributed by atoms with E-state index in [2.05, 4.69) is 5.32 Å². The van der Waals surface area contributed by atoms with E-state index in [0.717, 1.165) is 6.08 Å². The minimum absolute atomic E-state index is 0.170. The zero-order valence-corrected chi connectivity index (χ0v) is 7.53. The maximum absolute atomic E-state index is 10.2. The summed E-state index contributed by atoms with van der Waals surface area (Å²) < 4.78 is 0. The summed E-state index contributed by atoms with van der Waals surface area (Å²) in [5, 5.41) is 28.5. The molecule has 0 unspecified atom stereocenters. The average Bonchev–Trinajstić information content (AvgIpc) is 2.05. The molecule has 5 nitrogen and oxygen atoms in total. The third-order valence-corrected chi connectivity index (χ3v) is 1.48. The quantitative estimate of drug-likeness (QED) is 0.401. The molecule has 0 rings (SSSR count). The minimum atomic E-state index is -0.996. The van der Waals surface area contributed by atoms with Gasteiger partial charge in [0.25, 0.3) is 0 Å². The van der Waals surface area contributed by atoms with Crippen molar-refractivity contribution in [2.24, 2.45) is 0 Å². The molecule has 5 heteroatoms. The van der Waals surface area contributed by atoms with E-state index in [1.54, 1.807) is 6.92 Å². The van der Waals surface area contributed by atoms with Crippen LogP contribution in [0.4, 0.5) is 0 Å². The Morgan fingerprint density at radius 3 is 2.38 bits per heavy atom. The molecule has 0 aliphatic carbocycles. The molecule has 76 valence electrons. The van der Waals surface area contributed by atoms with E-state index in [1.807, 2.05) is 0 Å². The number of carboxylic acids is 1. The van der Waals surface area contributed by atoms with E-state index in [1.165, 1.54) is 0 Å². The summed E-state index contributed by atoms with van der Waals surface area (Å²) in [6, 6.07) is -0.392. The third-order valence-electron chi connectivity index (χ3n) is 1.48. The Bertz CT molecular complexity index is 187. The van der Waals surface area contributed by atoms with Crippen molar-refractivity contribution >= 4 is 5.97 Å². The van der Waals surface area contributed by atoms with Gasteiger partial charge in [0.15, 0.2) is 0 Å². The molecule has 0 amide bonds. The lowest BCUT2D eigenvalue weighted by molar-refractivity contribution is -0.131. The Hall–Kier alpha value is -0.910. The number of aliphatic hydroxyl groups is 2. The molecule has 0 radical (unpaired) electrons. The Morgan fingerprint density at radius 1 is 1.46 bits per heavy atom. The number of carboxylic acid groups (broad SMARTS) is 1. The number of hydrogen-bond acceptors (Lipinski definition) is 4. The van der Waals surface area contributed by atoms with Crippen LogP contribution in [-0.4, -0.2) is 47.1 Å². The predicted octanol–water partition coefficient (Wildman–Crippen LogP) is -1.04. The molecule has 0 aromatic heterocycles. The highest BCUT2D eigenvalue weighted by molar-refractivity contribution is 5.80. The van der Waals surface area contributed by atoms with Crippen LogP contribution in [0.3, 0.4) is 0 Å². The van der Waals surface area contributed by atoms with Gasteiger partial charge in [-0.2, -0.15) is 0 Å². The van der Waals surface area contributed by atoms with Crippen molar-refractivity contribution in [1.82, 2.24) is 5.32 Å². The molecule has 0 atom stereocenters. The molecule has 0 fully saturated rings. The fraction of sp³-hybridized carbons (Fsp3) is 0.625. The van der Waals surface area contributed by atoms with Gasteiger partial charge in [0.1, 0.15) is 0 Å². The van der Waals surface area contributed by atoms with Crippen molar-refractivity contribution in [3.8, 4) is 0 Å². The molecule has 0 aliphatic rings. The van der Waals surface area contributed by atoms with Crippen molar-refractivity contribution in [2.75, 3.05) is 19.8 Å². The SMILES string of the molecule is CC(=CC(=O)O)CNC(CO)CO. The van der Waals surface area contributed by atoms with Gasteiger partial charge in [-0.3, -0.25) is 0 Å². The summed E-state index contributed by atoms with van der Waals surface area (Å²) in [5.74, 6) is -0.996. The number of aliphatic carboxylic acids is 1. The van der Waals surface area contributed by atoms with Crippen molar-refractivity contribution in [3.63, 3.8) is 0 Å². The van der Waals surface area contributed by atoms with Gasteiger partial charge >= 0.3 is 5.97 Å². The summed E-state index contributed by atoms with van der Waals surface area (Å²) in [4.78, 5) is 10.2. The first-order valence-electron chi connectivity index (χ1n) is 3.95. The van der Waals surface area contributed by atoms with Gasteiger partial charge in [-0.25, -0.2) is 4.79 Å². The van der Waals surface area contributed by atoms with Gasteiger partial charge in [0.2, 0.25) is 0 Å². The highest BCUT2D eigenvalue weighted by Gasteiger charge is 2.04. The first kappa shape index (κ1) is 12.1. The van der Waals surface area contributed by atoms with Gasteiger partial charge in [-0.15, -0.1) is 0 Å². The molecule has 0 aromatic rings. The van der Waals surface area contributed by atoms with Gasteiger partial charge in [-0.1, -0.05) is 5.57 Å². The van der Waals surface area contributed by atoms with Crippen LogP contribution >= 0.6 is 0 Å². The van der Waals surface area contributed by atoms with Crippen molar-refractivity contribution < 1.29 is 20.1 Å². The molecular formula is C8H15NO4. The molecule has 0 aliphatic heterocycles. The lowest BCUT2D eigenvalue weighted by atomic mass is 10.2. The van der Waals surface area contributed by atoms with E-state index >= 15 is 0 Å². The first-order valence-corrected chi connectivity index (χ1v) is 3.95. The normalized spacial score (nSPS) is 12.2. The predicted molar refractivity (Wildman–Crippen MR) is 47.4 cm³/mol. The highest BCUT2D eigenvalue weighted by atomic mass is 16.4. The molecule has 13 heavy (non-hydrogen) atoms. The number of nitrogens with one attached hydrogen (secondary N) is 1. The van der Waals surface area contributed by atoms with E-state index in [9.17, 15) is 4.79 Å². The van der Waals surface area contributed by atoms with Crippen LogP contribution in [0.15, 0.2) is 11.6 Å². The smallest absolute Gasteiger partial charge is 0.328 e. The Morgan fingerprint density at radius 2 is 2.00 bits per heavy atom. The molecule has 0 spiro atoms. The van der Waals surface area contributed by atoms with Gasteiger partial charge in [0, 0.05) is 12.6 Å². The van der Waals surface area contributed by atoms with Crippen LogP contribution in [-0.2, 0) is 4.79 Å². The Balaban J connectivity index is 3.80.